The minimum absolute atomic E-state index is 0.0162. The first-order valence-corrected chi connectivity index (χ1v) is 7.47. The standard InChI is InChI=1S/C12H22N2OS/c1-10-11(15)14(9-13-10)8-12(16-2)6-4-3-5-7-12/h10,13H,3-9H2,1-2H3. The van der Waals surface area contributed by atoms with Gasteiger partial charge in [-0.2, -0.15) is 11.8 Å². The molecule has 2 rings (SSSR count). The van der Waals surface area contributed by atoms with Crippen LogP contribution in [0, 0.1) is 0 Å². The van der Waals surface area contributed by atoms with Gasteiger partial charge >= 0.3 is 0 Å². The van der Waals surface area contributed by atoms with Gasteiger partial charge in [-0.3, -0.25) is 10.1 Å². The number of hydrogen-bond acceptors (Lipinski definition) is 3. The number of nitrogens with zero attached hydrogens (tertiary/aromatic N) is 1. The summed E-state index contributed by atoms with van der Waals surface area (Å²) in [5, 5.41) is 3.22. The van der Waals surface area contributed by atoms with Gasteiger partial charge in [0.05, 0.1) is 12.7 Å². The molecule has 2 aliphatic rings. The summed E-state index contributed by atoms with van der Waals surface area (Å²) in [6.07, 6.45) is 8.75. The fourth-order valence-corrected chi connectivity index (χ4v) is 3.77. The molecule has 1 amide bonds. The van der Waals surface area contributed by atoms with Gasteiger partial charge in [0.25, 0.3) is 0 Å². The van der Waals surface area contributed by atoms with E-state index in [0.29, 0.717) is 4.75 Å². The van der Waals surface area contributed by atoms with E-state index >= 15 is 0 Å². The normalized spacial score (nSPS) is 29.8. The lowest BCUT2D eigenvalue weighted by atomic mass is 9.88. The molecule has 0 aromatic heterocycles. The first-order valence-electron chi connectivity index (χ1n) is 6.24. The van der Waals surface area contributed by atoms with Crippen molar-refractivity contribution in [2.24, 2.45) is 0 Å². The molecule has 0 aromatic rings. The Morgan fingerprint density at radius 1 is 1.44 bits per heavy atom. The minimum atomic E-state index is 0.0162. The lowest BCUT2D eigenvalue weighted by Crippen LogP contribution is -2.43. The molecule has 1 atom stereocenters. The summed E-state index contributed by atoms with van der Waals surface area (Å²) in [7, 11) is 0. The Kier molecular flexibility index (Phi) is 3.80. The van der Waals surface area contributed by atoms with Crippen molar-refractivity contribution in [1.29, 1.82) is 0 Å². The Labute approximate surface area is 102 Å². The Balaban J connectivity index is 1.98. The number of carbonyl (C=O) groups excluding carboxylic acids is 1. The SMILES string of the molecule is CSC1(CN2CNC(C)C2=O)CCCCC1. The maximum atomic E-state index is 11.9. The molecular formula is C12H22N2OS. The molecular weight excluding hydrogens is 220 g/mol. The molecule has 16 heavy (non-hydrogen) atoms. The lowest BCUT2D eigenvalue weighted by molar-refractivity contribution is -0.129. The maximum Gasteiger partial charge on any atom is 0.240 e. The van der Waals surface area contributed by atoms with E-state index in [1.807, 2.05) is 23.6 Å². The first-order chi connectivity index (χ1) is 7.67. The zero-order valence-electron chi connectivity index (χ0n) is 10.3. The second kappa shape index (κ2) is 4.96. The van der Waals surface area contributed by atoms with E-state index in [2.05, 4.69) is 11.6 Å². The molecule has 1 saturated carbocycles. The van der Waals surface area contributed by atoms with Crippen LogP contribution in [-0.4, -0.2) is 41.1 Å². The minimum Gasteiger partial charge on any atom is -0.327 e. The number of carbonyl (C=O) groups is 1. The van der Waals surface area contributed by atoms with Gasteiger partial charge in [-0.15, -0.1) is 0 Å². The van der Waals surface area contributed by atoms with Gasteiger partial charge in [0.2, 0.25) is 5.91 Å². The highest BCUT2D eigenvalue weighted by Crippen LogP contribution is 2.39. The maximum absolute atomic E-state index is 11.9. The number of thioether (sulfide) groups is 1. The van der Waals surface area contributed by atoms with E-state index in [1.165, 1.54) is 32.1 Å². The first kappa shape index (κ1) is 12.2. The van der Waals surface area contributed by atoms with Crippen LogP contribution in [0.25, 0.3) is 0 Å². The Hall–Kier alpha value is -0.220. The Morgan fingerprint density at radius 2 is 2.12 bits per heavy atom. The van der Waals surface area contributed by atoms with E-state index < -0.39 is 0 Å². The van der Waals surface area contributed by atoms with Crippen LogP contribution in [0.1, 0.15) is 39.0 Å². The molecule has 4 heteroatoms. The second-order valence-corrected chi connectivity index (χ2v) is 6.34. The van der Waals surface area contributed by atoms with Gasteiger partial charge in [0.15, 0.2) is 0 Å². The van der Waals surface area contributed by atoms with Crippen LogP contribution >= 0.6 is 11.8 Å². The molecule has 1 unspecified atom stereocenters. The largest absolute Gasteiger partial charge is 0.327 e. The average Bonchev–Trinajstić information content (AvgIpc) is 2.62. The zero-order valence-corrected chi connectivity index (χ0v) is 11.1. The fourth-order valence-electron chi connectivity index (χ4n) is 2.79. The molecule has 1 aliphatic carbocycles. The molecule has 1 aliphatic heterocycles. The van der Waals surface area contributed by atoms with Gasteiger partial charge < -0.3 is 4.90 Å². The van der Waals surface area contributed by atoms with Crippen molar-refractivity contribution in [2.75, 3.05) is 19.5 Å². The molecule has 0 aromatic carbocycles. The van der Waals surface area contributed by atoms with Crippen LogP contribution < -0.4 is 5.32 Å². The number of amides is 1. The van der Waals surface area contributed by atoms with Gasteiger partial charge in [-0.1, -0.05) is 19.3 Å². The van der Waals surface area contributed by atoms with Crippen LogP contribution in [0.5, 0.6) is 0 Å². The quantitative estimate of drug-likeness (QED) is 0.819. The second-order valence-electron chi connectivity index (χ2n) is 5.07. The molecule has 0 bridgehead atoms. The highest BCUT2D eigenvalue weighted by atomic mass is 32.2. The fraction of sp³-hybridized carbons (Fsp3) is 0.917. The van der Waals surface area contributed by atoms with E-state index in [9.17, 15) is 4.79 Å². The van der Waals surface area contributed by atoms with Crippen LogP contribution in [0.3, 0.4) is 0 Å². The van der Waals surface area contributed by atoms with Gasteiger partial charge in [0.1, 0.15) is 0 Å². The van der Waals surface area contributed by atoms with Crippen molar-refractivity contribution in [3.63, 3.8) is 0 Å². The number of hydrogen-bond donors (Lipinski definition) is 1. The van der Waals surface area contributed by atoms with Crippen molar-refractivity contribution in [2.45, 2.75) is 49.8 Å². The summed E-state index contributed by atoms with van der Waals surface area (Å²) in [6.45, 7) is 3.63. The van der Waals surface area contributed by atoms with Crippen molar-refractivity contribution < 1.29 is 4.79 Å². The van der Waals surface area contributed by atoms with Crippen molar-refractivity contribution in [1.82, 2.24) is 10.2 Å². The van der Waals surface area contributed by atoms with E-state index in [1.54, 1.807) is 0 Å². The van der Waals surface area contributed by atoms with Gasteiger partial charge in [-0.25, -0.2) is 0 Å². The molecule has 1 heterocycles. The van der Waals surface area contributed by atoms with E-state index in [0.717, 1.165) is 13.2 Å². The predicted octanol–water partition coefficient (Wildman–Crippen LogP) is 1.83. The predicted molar refractivity (Wildman–Crippen MR) is 68.5 cm³/mol. The highest BCUT2D eigenvalue weighted by Gasteiger charge is 2.37. The zero-order chi connectivity index (χ0) is 11.6. The number of nitrogens with one attached hydrogen (secondary N) is 1. The summed E-state index contributed by atoms with van der Waals surface area (Å²) in [5.74, 6) is 0.277. The number of rotatable bonds is 3. The monoisotopic (exact) mass is 242 g/mol. The summed E-state index contributed by atoms with van der Waals surface area (Å²) < 4.78 is 0.333. The third-order valence-electron chi connectivity index (χ3n) is 3.95. The third-order valence-corrected chi connectivity index (χ3v) is 5.35. The summed E-state index contributed by atoms with van der Waals surface area (Å²) >= 11 is 1.96. The van der Waals surface area contributed by atoms with E-state index in [4.69, 9.17) is 0 Å². The summed E-state index contributed by atoms with van der Waals surface area (Å²) in [6, 6.07) is 0.0162. The summed E-state index contributed by atoms with van der Waals surface area (Å²) in [4.78, 5) is 13.9. The van der Waals surface area contributed by atoms with Gasteiger partial charge in [0, 0.05) is 11.3 Å². The average molecular weight is 242 g/mol. The summed E-state index contributed by atoms with van der Waals surface area (Å²) in [5.41, 5.74) is 0. The van der Waals surface area contributed by atoms with Crippen LogP contribution in [-0.2, 0) is 4.79 Å². The lowest BCUT2D eigenvalue weighted by Gasteiger charge is -2.38. The highest BCUT2D eigenvalue weighted by molar-refractivity contribution is 8.00. The molecule has 3 nitrogen and oxygen atoms in total. The van der Waals surface area contributed by atoms with Crippen LogP contribution in [0.2, 0.25) is 0 Å². The van der Waals surface area contributed by atoms with Crippen molar-refractivity contribution in [3.05, 3.63) is 0 Å². The van der Waals surface area contributed by atoms with E-state index in [-0.39, 0.29) is 11.9 Å². The molecule has 92 valence electrons. The smallest absolute Gasteiger partial charge is 0.240 e. The molecule has 1 saturated heterocycles. The topological polar surface area (TPSA) is 32.3 Å². The van der Waals surface area contributed by atoms with Crippen LogP contribution in [0.4, 0.5) is 0 Å². The van der Waals surface area contributed by atoms with Crippen LogP contribution in [0.15, 0.2) is 0 Å². The Morgan fingerprint density at radius 3 is 2.62 bits per heavy atom. The third kappa shape index (κ3) is 2.38. The van der Waals surface area contributed by atoms with Gasteiger partial charge in [-0.05, 0) is 26.0 Å². The molecule has 0 spiro atoms. The Bertz CT molecular complexity index is 264. The van der Waals surface area contributed by atoms with Crippen molar-refractivity contribution in [3.8, 4) is 0 Å². The molecule has 0 radical (unpaired) electrons. The molecule has 2 fully saturated rings. The molecule has 1 N–H and O–H groups in total. The van der Waals surface area contributed by atoms with Crippen molar-refractivity contribution >= 4 is 17.7 Å².